The molecule has 0 amide bonds. The minimum Gasteiger partial charge on any atom is -0.325 e. The second-order valence-electron chi connectivity index (χ2n) is 3.08. The molecule has 0 saturated heterocycles. The van der Waals surface area contributed by atoms with Crippen LogP contribution in [0.2, 0.25) is 0 Å². The molecule has 0 aliphatic rings. The van der Waals surface area contributed by atoms with Crippen LogP contribution in [-0.2, 0) is 6.54 Å². The van der Waals surface area contributed by atoms with Crippen molar-refractivity contribution in [2.75, 3.05) is 0 Å². The molecule has 2 N–H and O–H groups in total. The van der Waals surface area contributed by atoms with Crippen molar-refractivity contribution in [3.05, 3.63) is 59.7 Å². The molecular weight excluding hydrogens is 238 g/mol. The Morgan fingerprint density at radius 2 is 1.72 bits per heavy atom. The minimum atomic E-state index is -0.569. The third-order valence-corrected chi connectivity index (χ3v) is 1.89. The van der Waals surface area contributed by atoms with E-state index in [0.717, 1.165) is 0 Å². The Balaban J connectivity index is 0.000000180. The number of halogens is 2. The highest BCUT2D eigenvalue weighted by molar-refractivity contribution is 5.20. The number of aromatic nitrogens is 2. The van der Waals surface area contributed by atoms with E-state index >= 15 is 0 Å². The molecule has 18 heavy (non-hydrogen) atoms. The maximum atomic E-state index is 12.4. The van der Waals surface area contributed by atoms with Gasteiger partial charge in [-0.25, -0.2) is 13.8 Å². The van der Waals surface area contributed by atoms with Crippen molar-refractivity contribution in [2.45, 2.75) is 6.54 Å². The molecule has 2 heterocycles. The van der Waals surface area contributed by atoms with E-state index in [1.54, 1.807) is 6.07 Å². The van der Waals surface area contributed by atoms with Gasteiger partial charge < -0.3 is 5.73 Å². The molecule has 0 bridgehead atoms. The fourth-order valence-electron chi connectivity index (χ4n) is 1.04. The maximum Gasteiger partial charge on any atom is 0.176 e. The number of hydrogen-bond donors (Lipinski definition) is 1. The van der Waals surface area contributed by atoms with Gasteiger partial charge in [-0.1, -0.05) is 0 Å². The number of nitriles is 1. The van der Waals surface area contributed by atoms with Crippen LogP contribution in [-0.4, -0.2) is 9.97 Å². The van der Waals surface area contributed by atoms with E-state index in [9.17, 15) is 8.78 Å². The maximum absolute atomic E-state index is 12.4. The molecule has 0 unspecified atom stereocenters. The van der Waals surface area contributed by atoms with Crippen LogP contribution in [0.25, 0.3) is 0 Å². The monoisotopic (exact) mass is 248 g/mol. The SMILES string of the molecule is N#Cc1ncccc1F.NCc1ncccc1F. The summed E-state index contributed by atoms with van der Waals surface area (Å²) in [6.45, 7) is 0.159. The molecule has 6 heteroatoms. The van der Waals surface area contributed by atoms with Gasteiger partial charge in [-0.2, -0.15) is 5.26 Å². The van der Waals surface area contributed by atoms with Gasteiger partial charge in [0.25, 0.3) is 0 Å². The predicted octanol–water partition coefficient (Wildman–Crippen LogP) is 1.77. The average Bonchev–Trinajstić information content (AvgIpc) is 2.41. The van der Waals surface area contributed by atoms with Crippen molar-refractivity contribution in [1.82, 2.24) is 9.97 Å². The number of nitrogens with zero attached hydrogens (tertiary/aromatic N) is 3. The summed E-state index contributed by atoms with van der Waals surface area (Å²) in [5.74, 6) is -0.903. The summed E-state index contributed by atoms with van der Waals surface area (Å²) in [4.78, 5) is 7.16. The first kappa shape index (κ1) is 13.7. The normalized spacial score (nSPS) is 9.00. The molecule has 0 aromatic carbocycles. The summed E-state index contributed by atoms with van der Waals surface area (Å²) in [5.41, 5.74) is 5.31. The standard InChI is InChI=1S/C6H7FN2.C6H3FN2/c2*7-5-2-1-3-9-6(5)4-8/h1-3H,4,8H2;1-3H. The fourth-order valence-corrected chi connectivity index (χ4v) is 1.04. The lowest BCUT2D eigenvalue weighted by atomic mass is 10.3. The highest BCUT2D eigenvalue weighted by atomic mass is 19.1. The van der Waals surface area contributed by atoms with Crippen LogP contribution in [0.5, 0.6) is 0 Å². The number of pyridine rings is 2. The van der Waals surface area contributed by atoms with E-state index in [4.69, 9.17) is 11.0 Å². The van der Waals surface area contributed by atoms with Gasteiger partial charge in [-0.15, -0.1) is 0 Å². The summed E-state index contributed by atoms with van der Waals surface area (Å²) in [5, 5.41) is 8.17. The Hall–Kier alpha value is -2.39. The van der Waals surface area contributed by atoms with Gasteiger partial charge in [0.05, 0.1) is 5.69 Å². The Morgan fingerprint density at radius 3 is 2.11 bits per heavy atom. The lowest BCUT2D eigenvalue weighted by molar-refractivity contribution is 0.600. The first-order valence-corrected chi connectivity index (χ1v) is 4.99. The van der Waals surface area contributed by atoms with Gasteiger partial charge in [0, 0.05) is 18.9 Å². The molecule has 2 aromatic rings. The van der Waals surface area contributed by atoms with Crippen molar-refractivity contribution in [2.24, 2.45) is 5.73 Å². The molecule has 0 aliphatic heterocycles. The smallest absolute Gasteiger partial charge is 0.176 e. The first-order valence-electron chi connectivity index (χ1n) is 4.99. The second-order valence-corrected chi connectivity index (χ2v) is 3.08. The highest BCUT2D eigenvalue weighted by Gasteiger charge is 1.97. The zero-order chi connectivity index (χ0) is 13.4. The first-order chi connectivity index (χ1) is 8.69. The van der Waals surface area contributed by atoms with Gasteiger partial charge in [-0.3, -0.25) is 4.98 Å². The Kier molecular flexibility index (Phi) is 5.35. The largest absolute Gasteiger partial charge is 0.325 e. The van der Waals surface area contributed by atoms with E-state index in [-0.39, 0.29) is 18.1 Å². The zero-order valence-corrected chi connectivity index (χ0v) is 9.35. The summed E-state index contributed by atoms with van der Waals surface area (Å²) in [6.07, 6.45) is 2.90. The van der Waals surface area contributed by atoms with Crippen molar-refractivity contribution in [3.63, 3.8) is 0 Å². The second kappa shape index (κ2) is 7.04. The minimum absolute atomic E-state index is 0.155. The van der Waals surface area contributed by atoms with Crippen LogP contribution >= 0.6 is 0 Å². The molecule has 0 aliphatic carbocycles. The van der Waals surface area contributed by atoms with E-state index < -0.39 is 5.82 Å². The quantitative estimate of drug-likeness (QED) is 0.834. The molecule has 0 spiro atoms. The van der Waals surface area contributed by atoms with Gasteiger partial charge in [-0.05, 0) is 24.3 Å². The molecule has 0 fully saturated rings. The fraction of sp³-hybridized carbons (Fsp3) is 0.0833. The van der Waals surface area contributed by atoms with Crippen molar-refractivity contribution >= 4 is 0 Å². The zero-order valence-electron chi connectivity index (χ0n) is 9.35. The number of rotatable bonds is 1. The van der Waals surface area contributed by atoms with Gasteiger partial charge in [0.1, 0.15) is 11.9 Å². The van der Waals surface area contributed by atoms with Gasteiger partial charge in [0.15, 0.2) is 11.5 Å². The Morgan fingerprint density at radius 1 is 1.11 bits per heavy atom. The van der Waals surface area contributed by atoms with Crippen LogP contribution in [0.15, 0.2) is 36.7 Å². The number of nitrogens with two attached hydrogens (primary N) is 1. The molecule has 2 aromatic heterocycles. The molecule has 0 atom stereocenters. The van der Waals surface area contributed by atoms with Crippen LogP contribution in [0.1, 0.15) is 11.4 Å². The van der Waals surface area contributed by atoms with E-state index in [1.165, 1.54) is 36.7 Å². The van der Waals surface area contributed by atoms with Gasteiger partial charge >= 0.3 is 0 Å². The lowest BCUT2D eigenvalue weighted by Crippen LogP contribution is -2.01. The van der Waals surface area contributed by atoms with Crippen LogP contribution in [0, 0.1) is 23.0 Å². The van der Waals surface area contributed by atoms with Crippen LogP contribution < -0.4 is 5.73 Å². The van der Waals surface area contributed by atoms with Crippen LogP contribution in [0.4, 0.5) is 8.78 Å². The third kappa shape index (κ3) is 3.88. The molecule has 0 saturated carbocycles. The van der Waals surface area contributed by atoms with Crippen molar-refractivity contribution in [1.29, 1.82) is 5.26 Å². The topological polar surface area (TPSA) is 75.6 Å². The summed E-state index contributed by atoms with van der Waals surface area (Å²) in [7, 11) is 0. The molecular formula is C12H10F2N4. The van der Waals surface area contributed by atoms with Crippen molar-refractivity contribution < 1.29 is 8.78 Å². The van der Waals surface area contributed by atoms with E-state index in [1.807, 2.05) is 0 Å². The average molecular weight is 248 g/mol. The Bertz CT molecular complexity index is 546. The Labute approximate surface area is 103 Å². The summed E-state index contributed by atoms with van der Waals surface area (Å²) in [6, 6.07) is 7.13. The van der Waals surface area contributed by atoms with Gasteiger partial charge in [0.2, 0.25) is 0 Å². The lowest BCUT2D eigenvalue weighted by Gasteiger charge is -1.93. The van der Waals surface area contributed by atoms with E-state index in [0.29, 0.717) is 5.69 Å². The van der Waals surface area contributed by atoms with Crippen molar-refractivity contribution in [3.8, 4) is 6.07 Å². The molecule has 4 nitrogen and oxygen atoms in total. The molecule has 2 rings (SSSR count). The highest BCUT2D eigenvalue weighted by Crippen LogP contribution is 1.99. The summed E-state index contributed by atoms with van der Waals surface area (Å²) < 4.78 is 24.8. The number of hydrogen-bond acceptors (Lipinski definition) is 4. The molecule has 0 radical (unpaired) electrons. The molecule has 92 valence electrons. The van der Waals surface area contributed by atoms with E-state index in [2.05, 4.69) is 9.97 Å². The predicted molar refractivity (Wildman–Crippen MR) is 61.0 cm³/mol. The van der Waals surface area contributed by atoms with Crippen LogP contribution in [0.3, 0.4) is 0 Å². The summed E-state index contributed by atoms with van der Waals surface area (Å²) >= 11 is 0. The third-order valence-electron chi connectivity index (χ3n) is 1.89.